The Labute approximate surface area is 145 Å². The molecule has 3 rings (SSSR count). The maximum absolute atomic E-state index is 11.7. The average molecular weight is 354 g/mol. The standard InChI is InChI=1S/C16H10N4O6/c21-11-9(12(22)18-15(25)17-11)5-7-1-2-8(4-3-7)6-10-13(23)19-16(26)20-14(10)24/h1-6H,(H2,17,18,21,22,25)(H2,19,20,23,24,26). The Morgan fingerprint density at radius 3 is 1.04 bits per heavy atom. The highest BCUT2D eigenvalue weighted by molar-refractivity contribution is 6.31. The molecule has 2 fully saturated rings. The van der Waals surface area contributed by atoms with Gasteiger partial charge in [0.1, 0.15) is 11.1 Å². The zero-order valence-corrected chi connectivity index (χ0v) is 12.9. The monoisotopic (exact) mass is 354 g/mol. The molecule has 0 atom stereocenters. The summed E-state index contributed by atoms with van der Waals surface area (Å²) in [7, 11) is 0. The highest BCUT2D eigenvalue weighted by Crippen LogP contribution is 2.14. The van der Waals surface area contributed by atoms with Gasteiger partial charge in [-0.15, -0.1) is 0 Å². The molecule has 1 aromatic carbocycles. The number of rotatable bonds is 2. The van der Waals surface area contributed by atoms with Gasteiger partial charge >= 0.3 is 12.1 Å². The zero-order chi connectivity index (χ0) is 18.8. The van der Waals surface area contributed by atoms with Gasteiger partial charge in [0, 0.05) is 0 Å². The summed E-state index contributed by atoms with van der Waals surface area (Å²) in [6.07, 6.45) is 2.57. The number of carbonyl (C=O) groups excluding carboxylic acids is 6. The van der Waals surface area contributed by atoms with Crippen LogP contribution in [-0.2, 0) is 19.2 Å². The Bertz CT molecular complexity index is 821. The van der Waals surface area contributed by atoms with Crippen molar-refractivity contribution < 1.29 is 28.8 Å². The van der Waals surface area contributed by atoms with Gasteiger partial charge in [-0.05, 0) is 23.3 Å². The largest absolute Gasteiger partial charge is 0.328 e. The molecule has 0 unspecified atom stereocenters. The van der Waals surface area contributed by atoms with E-state index in [1.54, 1.807) is 24.3 Å². The summed E-state index contributed by atoms with van der Waals surface area (Å²) >= 11 is 0. The van der Waals surface area contributed by atoms with Crippen LogP contribution in [0.2, 0.25) is 0 Å². The van der Waals surface area contributed by atoms with E-state index in [9.17, 15) is 28.8 Å². The predicted octanol–water partition coefficient (Wildman–Crippen LogP) is -0.815. The molecule has 10 heteroatoms. The Kier molecular flexibility index (Phi) is 4.15. The summed E-state index contributed by atoms with van der Waals surface area (Å²) in [4.78, 5) is 68.7. The molecule has 8 amide bonds. The fourth-order valence-corrected chi connectivity index (χ4v) is 2.23. The number of hydrogen-bond acceptors (Lipinski definition) is 6. The SMILES string of the molecule is O=C1NC(=O)C(=Cc2ccc(C=C3C(=O)NC(=O)NC3=O)cc2)C(=O)N1. The molecule has 0 radical (unpaired) electrons. The lowest BCUT2D eigenvalue weighted by molar-refractivity contribution is -0.125. The van der Waals surface area contributed by atoms with Crippen LogP contribution in [0.3, 0.4) is 0 Å². The van der Waals surface area contributed by atoms with Gasteiger partial charge < -0.3 is 0 Å². The molecule has 2 aliphatic heterocycles. The molecule has 0 bridgehead atoms. The van der Waals surface area contributed by atoms with E-state index >= 15 is 0 Å². The molecule has 1 aromatic rings. The van der Waals surface area contributed by atoms with Gasteiger partial charge in [-0.25, -0.2) is 9.59 Å². The second kappa shape index (κ2) is 6.43. The first-order chi connectivity index (χ1) is 12.3. The molecule has 10 nitrogen and oxygen atoms in total. The predicted molar refractivity (Wildman–Crippen MR) is 85.8 cm³/mol. The second-order valence-corrected chi connectivity index (χ2v) is 5.26. The Hall–Kier alpha value is -4.08. The molecule has 26 heavy (non-hydrogen) atoms. The van der Waals surface area contributed by atoms with Gasteiger partial charge in [0.15, 0.2) is 0 Å². The average Bonchev–Trinajstić information content (AvgIpc) is 2.55. The van der Waals surface area contributed by atoms with Crippen molar-refractivity contribution in [2.75, 3.05) is 0 Å². The van der Waals surface area contributed by atoms with E-state index in [2.05, 4.69) is 0 Å². The Morgan fingerprint density at radius 2 is 0.769 bits per heavy atom. The number of benzene rings is 1. The minimum Gasteiger partial charge on any atom is -0.273 e. The molecule has 2 saturated heterocycles. The van der Waals surface area contributed by atoms with E-state index in [1.807, 2.05) is 21.3 Å². The van der Waals surface area contributed by atoms with Crippen molar-refractivity contribution in [2.45, 2.75) is 0 Å². The molecule has 0 aromatic heterocycles. The quantitative estimate of drug-likeness (QED) is 0.403. The first-order valence-corrected chi connectivity index (χ1v) is 7.20. The van der Waals surface area contributed by atoms with E-state index < -0.39 is 35.7 Å². The summed E-state index contributed by atoms with van der Waals surface area (Å²) in [5, 5.41) is 7.82. The van der Waals surface area contributed by atoms with Gasteiger partial charge in [0.2, 0.25) is 0 Å². The van der Waals surface area contributed by atoms with Crippen LogP contribution in [0, 0.1) is 0 Å². The van der Waals surface area contributed by atoms with Crippen LogP contribution < -0.4 is 21.3 Å². The third kappa shape index (κ3) is 3.38. The fourth-order valence-electron chi connectivity index (χ4n) is 2.23. The van der Waals surface area contributed by atoms with Gasteiger partial charge in [-0.2, -0.15) is 0 Å². The van der Waals surface area contributed by atoms with E-state index in [0.717, 1.165) is 0 Å². The molecule has 2 heterocycles. The number of imide groups is 4. The zero-order valence-electron chi connectivity index (χ0n) is 12.9. The smallest absolute Gasteiger partial charge is 0.273 e. The molecular weight excluding hydrogens is 344 g/mol. The van der Waals surface area contributed by atoms with Crippen LogP contribution in [0.5, 0.6) is 0 Å². The normalized spacial score (nSPS) is 17.2. The highest BCUT2D eigenvalue weighted by Gasteiger charge is 2.28. The van der Waals surface area contributed by atoms with E-state index in [0.29, 0.717) is 11.1 Å². The van der Waals surface area contributed by atoms with Gasteiger partial charge in [0.05, 0.1) is 0 Å². The number of urea groups is 2. The molecule has 0 spiro atoms. The number of barbiturate groups is 2. The second-order valence-electron chi connectivity index (χ2n) is 5.26. The summed E-state index contributed by atoms with van der Waals surface area (Å²) < 4.78 is 0. The van der Waals surface area contributed by atoms with Crippen LogP contribution in [-0.4, -0.2) is 35.7 Å². The lowest BCUT2D eigenvalue weighted by Crippen LogP contribution is -2.51. The molecule has 2 aliphatic rings. The van der Waals surface area contributed by atoms with Crippen molar-refractivity contribution in [3.63, 3.8) is 0 Å². The van der Waals surface area contributed by atoms with E-state index in [-0.39, 0.29) is 11.1 Å². The van der Waals surface area contributed by atoms with Crippen LogP contribution in [0.15, 0.2) is 35.4 Å². The number of hydrogen-bond donors (Lipinski definition) is 4. The third-order valence-electron chi connectivity index (χ3n) is 3.45. The Balaban J connectivity index is 1.83. The van der Waals surface area contributed by atoms with E-state index in [1.165, 1.54) is 12.2 Å². The minimum absolute atomic E-state index is 0.236. The van der Waals surface area contributed by atoms with Crippen molar-refractivity contribution in [1.29, 1.82) is 0 Å². The van der Waals surface area contributed by atoms with E-state index in [4.69, 9.17) is 0 Å². The maximum Gasteiger partial charge on any atom is 0.328 e. The van der Waals surface area contributed by atoms with Crippen molar-refractivity contribution in [3.05, 3.63) is 46.5 Å². The number of nitrogens with one attached hydrogen (secondary N) is 4. The molecule has 4 N–H and O–H groups in total. The van der Waals surface area contributed by atoms with Crippen LogP contribution in [0.1, 0.15) is 11.1 Å². The summed E-state index contributed by atoms with van der Waals surface area (Å²) in [6.45, 7) is 0. The van der Waals surface area contributed by atoms with Crippen molar-refractivity contribution in [3.8, 4) is 0 Å². The molecule has 130 valence electrons. The topological polar surface area (TPSA) is 151 Å². The minimum atomic E-state index is -0.887. The molecule has 0 aliphatic carbocycles. The Morgan fingerprint density at radius 1 is 0.500 bits per heavy atom. The number of amides is 8. The maximum atomic E-state index is 11.7. The lowest BCUT2D eigenvalue weighted by Gasteiger charge is -2.14. The number of carbonyl (C=O) groups is 6. The molecule has 0 saturated carbocycles. The van der Waals surface area contributed by atoms with Crippen molar-refractivity contribution in [1.82, 2.24) is 21.3 Å². The summed E-state index contributed by atoms with van der Waals surface area (Å²) in [5.74, 6) is -3.26. The van der Waals surface area contributed by atoms with Crippen LogP contribution in [0.25, 0.3) is 12.2 Å². The fraction of sp³-hybridized carbons (Fsp3) is 0. The highest BCUT2D eigenvalue weighted by atomic mass is 16.2. The summed E-state index contributed by atoms with van der Waals surface area (Å²) in [6, 6.07) is 4.39. The molecular formula is C16H10N4O6. The van der Waals surface area contributed by atoms with Crippen LogP contribution >= 0.6 is 0 Å². The third-order valence-corrected chi connectivity index (χ3v) is 3.45. The van der Waals surface area contributed by atoms with Crippen LogP contribution in [0.4, 0.5) is 9.59 Å². The lowest BCUT2D eigenvalue weighted by atomic mass is 10.0. The first kappa shape index (κ1) is 16.8. The first-order valence-electron chi connectivity index (χ1n) is 7.20. The summed E-state index contributed by atoms with van der Waals surface area (Å²) in [5.41, 5.74) is 0.490. The van der Waals surface area contributed by atoms with Crippen molar-refractivity contribution in [2.24, 2.45) is 0 Å². The van der Waals surface area contributed by atoms with Crippen molar-refractivity contribution >= 4 is 47.8 Å². The van der Waals surface area contributed by atoms with Gasteiger partial charge in [-0.3, -0.25) is 40.4 Å². The van der Waals surface area contributed by atoms with Gasteiger partial charge in [-0.1, -0.05) is 24.3 Å². The van der Waals surface area contributed by atoms with Gasteiger partial charge in [0.25, 0.3) is 23.6 Å².